The molecular formula is C22H22N2O4. The minimum absolute atomic E-state index is 0.132. The lowest BCUT2D eigenvalue weighted by Gasteiger charge is -2.20. The second-order valence-electron chi connectivity index (χ2n) is 6.24. The molecule has 6 nitrogen and oxygen atoms in total. The summed E-state index contributed by atoms with van der Waals surface area (Å²) in [6.07, 6.45) is 4.12. The van der Waals surface area contributed by atoms with Crippen molar-refractivity contribution in [2.24, 2.45) is 0 Å². The highest BCUT2D eigenvalue weighted by molar-refractivity contribution is 5.93. The molecule has 1 aromatic heterocycles. The zero-order valence-electron chi connectivity index (χ0n) is 15.8. The molecule has 1 atom stereocenters. The number of hydrogen-bond acceptors (Lipinski definition) is 4. The maximum Gasteiger partial charge on any atom is 0.337 e. The SMILES string of the molecule is COC(=O)c1ccc(NC(=O)C[C@@H](c2cccc(OC)c2)n2cccc2)cc1. The van der Waals surface area contributed by atoms with Crippen LogP contribution in [0.25, 0.3) is 0 Å². The number of hydrogen-bond donors (Lipinski definition) is 1. The molecule has 0 aliphatic carbocycles. The highest BCUT2D eigenvalue weighted by atomic mass is 16.5. The third-order valence-electron chi connectivity index (χ3n) is 4.43. The molecule has 0 radical (unpaired) electrons. The Bertz CT molecular complexity index is 933. The zero-order chi connectivity index (χ0) is 19.9. The van der Waals surface area contributed by atoms with Crippen LogP contribution in [0.1, 0.15) is 28.4 Å². The summed E-state index contributed by atoms with van der Waals surface area (Å²) in [5.41, 5.74) is 2.03. The lowest BCUT2D eigenvalue weighted by molar-refractivity contribution is -0.116. The fraction of sp³-hybridized carbons (Fsp3) is 0.182. The van der Waals surface area contributed by atoms with E-state index in [0.29, 0.717) is 11.3 Å². The van der Waals surface area contributed by atoms with Gasteiger partial charge in [-0.2, -0.15) is 0 Å². The maximum atomic E-state index is 12.7. The number of aromatic nitrogens is 1. The molecule has 0 saturated carbocycles. The van der Waals surface area contributed by atoms with E-state index in [2.05, 4.69) is 10.1 Å². The number of nitrogens with one attached hydrogen (secondary N) is 1. The molecule has 3 rings (SSSR count). The summed E-state index contributed by atoms with van der Waals surface area (Å²) < 4.78 is 12.0. The first-order valence-corrected chi connectivity index (χ1v) is 8.85. The molecule has 1 N–H and O–H groups in total. The van der Waals surface area contributed by atoms with E-state index >= 15 is 0 Å². The number of carbonyl (C=O) groups is 2. The molecule has 3 aromatic rings. The van der Waals surface area contributed by atoms with Gasteiger partial charge < -0.3 is 19.4 Å². The molecule has 0 fully saturated rings. The van der Waals surface area contributed by atoms with Gasteiger partial charge in [0, 0.05) is 18.1 Å². The van der Waals surface area contributed by atoms with Crippen molar-refractivity contribution >= 4 is 17.6 Å². The van der Waals surface area contributed by atoms with E-state index < -0.39 is 5.97 Å². The summed E-state index contributed by atoms with van der Waals surface area (Å²) in [6.45, 7) is 0. The third kappa shape index (κ3) is 4.59. The average molecular weight is 378 g/mol. The van der Waals surface area contributed by atoms with Gasteiger partial charge >= 0.3 is 5.97 Å². The summed E-state index contributed by atoms with van der Waals surface area (Å²) in [6, 6.07) is 18.0. The second-order valence-corrected chi connectivity index (χ2v) is 6.24. The van der Waals surface area contributed by atoms with Gasteiger partial charge in [-0.3, -0.25) is 4.79 Å². The molecule has 6 heteroatoms. The van der Waals surface area contributed by atoms with Gasteiger partial charge in [0.25, 0.3) is 0 Å². The molecule has 0 unspecified atom stereocenters. The Morgan fingerprint density at radius 3 is 2.36 bits per heavy atom. The van der Waals surface area contributed by atoms with E-state index in [1.165, 1.54) is 7.11 Å². The first kappa shape index (κ1) is 19.2. The molecule has 0 aliphatic rings. The van der Waals surface area contributed by atoms with Crippen LogP contribution in [0, 0.1) is 0 Å². The van der Waals surface area contributed by atoms with Crippen molar-refractivity contribution in [3.8, 4) is 5.75 Å². The van der Waals surface area contributed by atoms with Gasteiger partial charge in [0.15, 0.2) is 0 Å². The van der Waals surface area contributed by atoms with E-state index in [4.69, 9.17) is 4.74 Å². The quantitative estimate of drug-likeness (QED) is 0.633. The van der Waals surface area contributed by atoms with Gasteiger partial charge in [0.1, 0.15) is 5.75 Å². The first-order valence-electron chi connectivity index (χ1n) is 8.85. The Morgan fingerprint density at radius 1 is 1.00 bits per heavy atom. The van der Waals surface area contributed by atoms with Crippen molar-refractivity contribution in [3.63, 3.8) is 0 Å². The number of nitrogens with zero attached hydrogens (tertiary/aromatic N) is 1. The van der Waals surface area contributed by atoms with Crippen LogP contribution in [0.3, 0.4) is 0 Å². The van der Waals surface area contributed by atoms with Crippen molar-refractivity contribution in [1.82, 2.24) is 4.57 Å². The number of carbonyl (C=O) groups excluding carboxylic acids is 2. The fourth-order valence-corrected chi connectivity index (χ4v) is 2.99. The van der Waals surface area contributed by atoms with Crippen LogP contribution >= 0.6 is 0 Å². The van der Waals surface area contributed by atoms with Crippen LogP contribution < -0.4 is 10.1 Å². The lowest BCUT2D eigenvalue weighted by Crippen LogP contribution is -2.19. The predicted octanol–water partition coefficient (Wildman–Crippen LogP) is 3.90. The molecule has 2 aromatic carbocycles. The Morgan fingerprint density at radius 2 is 1.71 bits per heavy atom. The van der Waals surface area contributed by atoms with Gasteiger partial charge in [0.05, 0.1) is 32.2 Å². The first-order chi connectivity index (χ1) is 13.6. The van der Waals surface area contributed by atoms with E-state index in [9.17, 15) is 9.59 Å². The zero-order valence-corrected chi connectivity index (χ0v) is 15.8. The van der Waals surface area contributed by atoms with Crippen molar-refractivity contribution in [1.29, 1.82) is 0 Å². The summed E-state index contributed by atoms with van der Waals surface area (Å²) >= 11 is 0. The van der Waals surface area contributed by atoms with Crippen molar-refractivity contribution in [2.75, 3.05) is 19.5 Å². The normalized spacial score (nSPS) is 11.5. The van der Waals surface area contributed by atoms with Crippen LogP contribution in [0.15, 0.2) is 73.1 Å². The standard InChI is InChI=1S/C22H22N2O4/c1-27-19-7-5-6-17(14-19)20(24-12-3-4-13-24)15-21(25)23-18-10-8-16(9-11-18)22(26)28-2/h3-14,20H,15H2,1-2H3,(H,23,25)/t20-/m0/s1. The van der Waals surface area contributed by atoms with E-state index in [-0.39, 0.29) is 18.4 Å². The van der Waals surface area contributed by atoms with Crippen LogP contribution in [-0.2, 0) is 9.53 Å². The van der Waals surface area contributed by atoms with Crippen LogP contribution in [0.5, 0.6) is 5.75 Å². The Kier molecular flexibility index (Phi) is 6.11. The number of rotatable bonds is 7. The van der Waals surface area contributed by atoms with E-state index in [0.717, 1.165) is 11.3 Å². The minimum atomic E-state index is -0.413. The minimum Gasteiger partial charge on any atom is -0.497 e. The number of benzene rings is 2. The molecule has 144 valence electrons. The van der Waals surface area contributed by atoms with Crippen molar-refractivity contribution < 1.29 is 19.1 Å². The number of ether oxygens (including phenoxy) is 2. The van der Waals surface area contributed by atoms with E-state index in [1.54, 1.807) is 31.4 Å². The van der Waals surface area contributed by atoms with Gasteiger partial charge in [-0.05, 0) is 54.1 Å². The van der Waals surface area contributed by atoms with Crippen molar-refractivity contribution in [3.05, 3.63) is 84.2 Å². The summed E-state index contributed by atoms with van der Waals surface area (Å²) in [5.74, 6) is 0.198. The molecule has 1 heterocycles. The van der Waals surface area contributed by atoms with Gasteiger partial charge in [-0.15, -0.1) is 0 Å². The molecule has 0 bridgehead atoms. The summed E-state index contributed by atoms with van der Waals surface area (Å²) in [5, 5.41) is 2.88. The van der Waals surface area contributed by atoms with Crippen LogP contribution in [-0.4, -0.2) is 30.7 Å². The third-order valence-corrected chi connectivity index (χ3v) is 4.43. The maximum absolute atomic E-state index is 12.7. The smallest absolute Gasteiger partial charge is 0.337 e. The number of anilines is 1. The highest BCUT2D eigenvalue weighted by Crippen LogP contribution is 2.26. The highest BCUT2D eigenvalue weighted by Gasteiger charge is 2.18. The second kappa shape index (κ2) is 8.90. The Hall–Kier alpha value is -3.54. The monoisotopic (exact) mass is 378 g/mol. The van der Waals surface area contributed by atoms with Crippen LogP contribution in [0.4, 0.5) is 5.69 Å². The summed E-state index contributed by atoms with van der Waals surface area (Å²) in [7, 11) is 2.95. The van der Waals surface area contributed by atoms with E-state index in [1.807, 2.05) is 53.4 Å². The number of amides is 1. The molecular weight excluding hydrogens is 356 g/mol. The predicted molar refractivity (Wildman–Crippen MR) is 107 cm³/mol. The average Bonchev–Trinajstić information content (AvgIpc) is 3.26. The van der Waals surface area contributed by atoms with Crippen LogP contribution in [0.2, 0.25) is 0 Å². The topological polar surface area (TPSA) is 69.6 Å². The van der Waals surface area contributed by atoms with Crippen molar-refractivity contribution in [2.45, 2.75) is 12.5 Å². The fourth-order valence-electron chi connectivity index (χ4n) is 2.99. The molecule has 0 aliphatic heterocycles. The largest absolute Gasteiger partial charge is 0.497 e. The molecule has 28 heavy (non-hydrogen) atoms. The summed E-state index contributed by atoms with van der Waals surface area (Å²) in [4.78, 5) is 24.2. The molecule has 0 saturated heterocycles. The molecule has 1 amide bonds. The Balaban J connectivity index is 1.75. The van der Waals surface area contributed by atoms with Gasteiger partial charge in [0.2, 0.25) is 5.91 Å². The molecule has 0 spiro atoms. The Labute approximate surface area is 163 Å². The van der Waals surface area contributed by atoms with Gasteiger partial charge in [-0.1, -0.05) is 12.1 Å². The number of methoxy groups -OCH3 is 2. The van der Waals surface area contributed by atoms with Gasteiger partial charge in [-0.25, -0.2) is 4.79 Å². The number of esters is 1. The lowest BCUT2D eigenvalue weighted by atomic mass is 10.0.